The summed E-state index contributed by atoms with van der Waals surface area (Å²) in [7, 11) is 3.05. The van der Waals surface area contributed by atoms with E-state index in [1.807, 2.05) is 13.1 Å². The number of nitrogens with two attached hydrogens (primary N) is 2. The van der Waals surface area contributed by atoms with Crippen LogP contribution in [0.3, 0.4) is 0 Å². The number of Topliss-reactive ketones (excluding diaryl/α,β-unsaturated/α-hetero) is 1. The Morgan fingerprint density at radius 3 is 2.73 bits per heavy atom. The van der Waals surface area contributed by atoms with E-state index in [9.17, 15) is 4.79 Å². The predicted octanol–water partition coefficient (Wildman–Crippen LogP) is 3.89. The zero-order valence-electron chi connectivity index (χ0n) is 18.4. The lowest BCUT2D eigenvalue weighted by molar-refractivity contribution is 0.103. The fourth-order valence-corrected chi connectivity index (χ4v) is 3.45. The first kappa shape index (κ1) is 23.6. The predicted molar refractivity (Wildman–Crippen MR) is 133 cm³/mol. The van der Waals surface area contributed by atoms with Crippen LogP contribution in [0, 0.1) is 12.3 Å². The molecule has 33 heavy (non-hydrogen) atoms. The Kier molecular flexibility index (Phi) is 7.14. The number of benzene rings is 2. The summed E-state index contributed by atoms with van der Waals surface area (Å²) in [5.74, 6) is 0.649. The third-order valence-electron chi connectivity index (χ3n) is 4.91. The lowest BCUT2D eigenvalue weighted by Gasteiger charge is -2.11. The number of aliphatic imine (C=N–C) groups is 1. The van der Waals surface area contributed by atoms with Gasteiger partial charge in [0.2, 0.25) is 0 Å². The van der Waals surface area contributed by atoms with Crippen molar-refractivity contribution >= 4 is 47.0 Å². The van der Waals surface area contributed by atoms with Crippen LogP contribution < -0.4 is 21.5 Å². The molecule has 0 unspecified atom stereocenters. The highest BCUT2D eigenvalue weighted by Gasteiger charge is 2.18. The van der Waals surface area contributed by atoms with Gasteiger partial charge in [0.1, 0.15) is 5.75 Å². The number of aromatic nitrogens is 2. The van der Waals surface area contributed by atoms with E-state index in [2.05, 4.69) is 15.4 Å². The Hall–Kier alpha value is -4.11. The second kappa shape index (κ2) is 10.0. The number of nitrogens with zero attached hydrogens (tertiary/aromatic N) is 3. The zero-order valence-corrected chi connectivity index (χ0v) is 19.1. The van der Waals surface area contributed by atoms with Gasteiger partial charge in [-0.25, -0.2) is 4.68 Å². The zero-order chi connectivity index (χ0) is 24.1. The number of aryl methyl sites for hydroxylation is 1. The Labute approximate surface area is 196 Å². The van der Waals surface area contributed by atoms with E-state index in [0.29, 0.717) is 44.8 Å². The summed E-state index contributed by atoms with van der Waals surface area (Å²) in [6, 6.07) is 8.53. The molecule has 3 aromatic rings. The van der Waals surface area contributed by atoms with Crippen LogP contribution in [0.15, 0.2) is 53.3 Å². The van der Waals surface area contributed by atoms with Crippen LogP contribution in [0.2, 0.25) is 5.02 Å². The number of hydrogen-bond acceptors (Lipinski definition) is 8. The standard InChI is InChI=1S/C23H24ClN7O2/c1-13-12-31(30-23(13)29-19-7-6-18(27)17(10-26)21(19)24)15-4-5-16(20(8-15)33-3)22(32)14(9-25)11-28-2/h4-12,26H,25,27H2,1-3H3,(H,29,30)/b14-9+,26-10?,28-11?. The van der Waals surface area contributed by atoms with Crippen LogP contribution in [0.1, 0.15) is 21.5 Å². The van der Waals surface area contributed by atoms with Gasteiger partial charge >= 0.3 is 0 Å². The second-order valence-corrected chi connectivity index (χ2v) is 7.41. The summed E-state index contributed by atoms with van der Waals surface area (Å²) in [5, 5.41) is 15.6. The molecule has 0 aliphatic rings. The van der Waals surface area contributed by atoms with Crippen molar-refractivity contribution in [3.8, 4) is 11.4 Å². The first-order valence-corrected chi connectivity index (χ1v) is 10.2. The van der Waals surface area contributed by atoms with Crippen molar-refractivity contribution in [1.82, 2.24) is 9.78 Å². The van der Waals surface area contributed by atoms with Crippen molar-refractivity contribution < 1.29 is 9.53 Å². The topological polar surface area (TPSA) is 144 Å². The molecule has 0 aliphatic carbocycles. The van der Waals surface area contributed by atoms with Crippen LogP contribution >= 0.6 is 11.6 Å². The fourth-order valence-electron chi connectivity index (χ4n) is 3.18. The van der Waals surface area contributed by atoms with Gasteiger partial charge in [-0.05, 0) is 31.2 Å². The van der Waals surface area contributed by atoms with Crippen molar-refractivity contribution in [1.29, 1.82) is 5.41 Å². The number of rotatable bonds is 8. The summed E-state index contributed by atoms with van der Waals surface area (Å²) in [5.41, 5.74) is 15.0. The molecule has 0 atom stereocenters. The molecule has 0 amide bonds. The molecule has 0 spiro atoms. The summed E-state index contributed by atoms with van der Waals surface area (Å²) in [4.78, 5) is 16.6. The first-order valence-electron chi connectivity index (χ1n) is 9.83. The molecule has 10 heteroatoms. The van der Waals surface area contributed by atoms with E-state index < -0.39 is 0 Å². The van der Waals surface area contributed by atoms with E-state index >= 15 is 0 Å². The Balaban J connectivity index is 1.95. The van der Waals surface area contributed by atoms with E-state index in [1.54, 1.807) is 42.1 Å². The Morgan fingerprint density at radius 1 is 1.33 bits per heavy atom. The molecule has 2 aromatic carbocycles. The number of carbonyl (C=O) groups excluding carboxylic acids is 1. The molecule has 0 aliphatic heterocycles. The number of methoxy groups -OCH3 is 1. The van der Waals surface area contributed by atoms with Crippen molar-refractivity contribution in [2.24, 2.45) is 10.7 Å². The van der Waals surface area contributed by atoms with Crippen LogP contribution in [-0.4, -0.2) is 42.2 Å². The van der Waals surface area contributed by atoms with Gasteiger partial charge in [-0.3, -0.25) is 9.79 Å². The van der Waals surface area contributed by atoms with E-state index in [-0.39, 0.29) is 11.4 Å². The number of allylic oxidation sites excluding steroid dienone is 1. The third-order valence-corrected chi connectivity index (χ3v) is 5.32. The fraction of sp³-hybridized carbons (Fsp3) is 0.130. The maximum absolute atomic E-state index is 12.8. The van der Waals surface area contributed by atoms with Crippen molar-refractivity contribution in [2.75, 3.05) is 25.2 Å². The largest absolute Gasteiger partial charge is 0.496 e. The monoisotopic (exact) mass is 465 g/mol. The highest BCUT2D eigenvalue weighted by atomic mass is 35.5. The minimum atomic E-state index is -0.300. The maximum atomic E-state index is 12.8. The van der Waals surface area contributed by atoms with Crippen LogP contribution in [0.5, 0.6) is 5.75 Å². The van der Waals surface area contributed by atoms with Gasteiger partial charge in [-0.15, -0.1) is 5.10 Å². The number of ketones is 1. The molecule has 0 fully saturated rings. The summed E-state index contributed by atoms with van der Waals surface area (Å²) in [6.45, 7) is 1.89. The van der Waals surface area contributed by atoms with Gasteiger partial charge < -0.3 is 26.9 Å². The molecule has 3 rings (SSSR count). The number of ether oxygens (including phenoxy) is 1. The van der Waals surface area contributed by atoms with Crippen molar-refractivity contribution in [3.63, 3.8) is 0 Å². The number of carbonyl (C=O) groups is 1. The molecular weight excluding hydrogens is 442 g/mol. The molecule has 0 radical (unpaired) electrons. The molecule has 6 N–H and O–H groups in total. The number of anilines is 3. The summed E-state index contributed by atoms with van der Waals surface area (Å²) >= 11 is 6.39. The minimum Gasteiger partial charge on any atom is -0.496 e. The van der Waals surface area contributed by atoms with Gasteiger partial charge in [0, 0.05) is 54.8 Å². The van der Waals surface area contributed by atoms with Crippen molar-refractivity contribution in [2.45, 2.75) is 6.92 Å². The SMILES string of the molecule is CN=C/C(=C\N)C(=O)c1ccc(-n2cc(C)c(Nc3ccc(N)c(C=N)c3Cl)n2)cc1OC. The molecule has 0 saturated heterocycles. The average Bonchev–Trinajstić information content (AvgIpc) is 3.18. The average molecular weight is 466 g/mol. The maximum Gasteiger partial charge on any atom is 0.199 e. The van der Waals surface area contributed by atoms with Gasteiger partial charge in [-0.1, -0.05) is 11.6 Å². The molecule has 0 saturated carbocycles. The van der Waals surface area contributed by atoms with Crippen molar-refractivity contribution in [3.05, 3.63) is 70.0 Å². The number of halogens is 1. The van der Waals surface area contributed by atoms with Crippen LogP contribution in [-0.2, 0) is 0 Å². The first-order chi connectivity index (χ1) is 15.8. The van der Waals surface area contributed by atoms with E-state index in [0.717, 1.165) is 11.8 Å². The van der Waals surface area contributed by atoms with Gasteiger partial charge in [0.15, 0.2) is 11.6 Å². The summed E-state index contributed by atoms with van der Waals surface area (Å²) < 4.78 is 7.10. The number of nitrogen functional groups attached to an aromatic ring is 1. The van der Waals surface area contributed by atoms with Crippen LogP contribution in [0.25, 0.3) is 5.69 Å². The number of hydrogen-bond donors (Lipinski definition) is 4. The molecule has 9 nitrogen and oxygen atoms in total. The third kappa shape index (κ3) is 4.73. The Bertz CT molecular complexity index is 1280. The lowest BCUT2D eigenvalue weighted by Crippen LogP contribution is -2.09. The van der Waals surface area contributed by atoms with Gasteiger partial charge in [0.05, 0.1) is 34.6 Å². The lowest BCUT2D eigenvalue weighted by atomic mass is 10.0. The highest BCUT2D eigenvalue weighted by molar-refractivity contribution is 6.36. The quantitative estimate of drug-likeness (QED) is 0.172. The van der Waals surface area contributed by atoms with Crippen LogP contribution in [0.4, 0.5) is 17.2 Å². The number of nitrogens with one attached hydrogen (secondary N) is 2. The smallest absolute Gasteiger partial charge is 0.199 e. The molecule has 0 bridgehead atoms. The molecule has 1 aromatic heterocycles. The highest BCUT2D eigenvalue weighted by Crippen LogP contribution is 2.32. The summed E-state index contributed by atoms with van der Waals surface area (Å²) in [6.07, 6.45) is 5.55. The molecular formula is C23H24ClN7O2. The minimum absolute atomic E-state index is 0.259. The Morgan fingerprint density at radius 2 is 2.09 bits per heavy atom. The van der Waals surface area contributed by atoms with Gasteiger partial charge in [-0.2, -0.15) is 0 Å². The van der Waals surface area contributed by atoms with E-state index in [4.69, 9.17) is 33.2 Å². The van der Waals surface area contributed by atoms with E-state index in [1.165, 1.54) is 19.5 Å². The van der Waals surface area contributed by atoms with Gasteiger partial charge in [0.25, 0.3) is 0 Å². The normalized spacial score (nSPS) is 11.6. The molecule has 170 valence electrons. The second-order valence-electron chi connectivity index (χ2n) is 7.03. The molecule has 1 heterocycles.